The molecule has 0 saturated heterocycles. The van der Waals surface area contributed by atoms with Crippen LogP contribution in [-0.4, -0.2) is 5.78 Å². The van der Waals surface area contributed by atoms with Crippen molar-refractivity contribution in [2.45, 2.75) is 99.3 Å². The highest BCUT2D eigenvalue weighted by Gasteiger charge is 2.59. The highest BCUT2D eigenvalue weighted by molar-refractivity contribution is 5.91. The van der Waals surface area contributed by atoms with Crippen molar-refractivity contribution in [2.24, 2.45) is 52.3 Å². The highest BCUT2D eigenvalue weighted by Crippen LogP contribution is 2.67. The standard InChI is InChI=1S/C29H46O/c1-7-21(19(2)3)9-8-20(4)25-12-13-26-24-11-10-22-18-23(30)14-16-28(22,5)27(24)15-17-29(25,26)6/h8-9,18-21,24-27H,7,10-17H2,1-6H3/b9-8+/t20-,21-,24+,25-,26-,27-,28+,29-/m1/s1. The smallest absolute Gasteiger partial charge is 0.155 e. The van der Waals surface area contributed by atoms with Gasteiger partial charge >= 0.3 is 0 Å². The summed E-state index contributed by atoms with van der Waals surface area (Å²) < 4.78 is 0. The second-order valence-corrected chi connectivity index (χ2v) is 12.3. The lowest BCUT2D eigenvalue weighted by atomic mass is 9.46. The molecule has 0 radical (unpaired) electrons. The van der Waals surface area contributed by atoms with E-state index in [0.717, 1.165) is 48.3 Å². The predicted octanol–water partition coefficient (Wildman–Crippen LogP) is 8.01. The maximum absolute atomic E-state index is 12.1. The van der Waals surface area contributed by atoms with Gasteiger partial charge in [-0.15, -0.1) is 0 Å². The van der Waals surface area contributed by atoms with E-state index in [1.54, 1.807) is 0 Å². The summed E-state index contributed by atoms with van der Waals surface area (Å²) in [6, 6.07) is 0. The van der Waals surface area contributed by atoms with E-state index in [1.807, 2.05) is 0 Å². The first-order valence-corrected chi connectivity index (χ1v) is 13.1. The Morgan fingerprint density at radius 2 is 1.77 bits per heavy atom. The van der Waals surface area contributed by atoms with Gasteiger partial charge in [-0.25, -0.2) is 0 Å². The summed E-state index contributed by atoms with van der Waals surface area (Å²) in [5.74, 6) is 6.01. The Labute approximate surface area is 186 Å². The minimum Gasteiger partial charge on any atom is -0.295 e. The molecule has 1 nitrogen and oxygen atoms in total. The van der Waals surface area contributed by atoms with Crippen molar-refractivity contribution in [3.63, 3.8) is 0 Å². The Morgan fingerprint density at radius 1 is 1.00 bits per heavy atom. The molecule has 4 aliphatic carbocycles. The van der Waals surface area contributed by atoms with Crippen LogP contribution in [0.25, 0.3) is 0 Å². The van der Waals surface area contributed by atoms with Crippen LogP contribution in [0.3, 0.4) is 0 Å². The number of carbonyl (C=O) groups excluding carboxylic acids is 1. The molecule has 0 aliphatic heterocycles. The molecule has 4 aliphatic rings. The minimum absolute atomic E-state index is 0.313. The summed E-state index contributed by atoms with van der Waals surface area (Å²) >= 11 is 0. The first kappa shape index (κ1) is 22.3. The molecule has 0 unspecified atom stereocenters. The van der Waals surface area contributed by atoms with Crippen LogP contribution in [0.1, 0.15) is 99.3 Å². The number of carbonyl (C=O) groups is 1. The van der Waals surface area contributed by atoms with Crippen molar-refractivity contribution >= 4 is 5.78 Å². The lowest BCUT2D eigenvalue weighted by Crippen LogP contribution is -2.50. The van der Waals surface area contributed by atoms with Crippen LogP contribution in [0, 0.1) is 52.3 Å². The summed E-state index contributed by atoms with van der Waals surface area (Å²) in [4.78, 5) is 12.1. The van der Waals surface area contributed by atoms with E-state index in [1.165, 1.54) is 50.5 Å². The number of fused-ring (bicyclic) bond motifs is 5. The summed E-state index contributed by atoms with van der Waals surface area (Å²) in [6.07, 6.45) is 18.5. The van der Waals surface area contributed by atoms with Crippen molar-refractivity contribution in [2.75, 3.05) is 0 Å². The van der Waals surface area contributed by atoms with Gasteiger partial charge in [-0.2, -0.15) is 0 Å². The Balaban J connectivity index is 1.52. The van der Waals surface area contributed by atoms with Gasteiger partial charge in [0, 0.05) is 6.42 Å². The third-order valence-corrected chi connectivity index (χ3v) is 10.7. The lowest BCUT2D eigenvalue weighted by Gasteiger charge is -2.58. The summed E-state index contributed by atoms with van der Waals surface area (Å²) in [5.41, 5.74) is 2.34. The average molecular weight is 411 g/mol. The Morgan fingerprint density at radius 3 is 2.47 bits per heavy atom. The fraction of sp³-hybridized carbons (Fsp3) is 0.828. The highest BCUT2D eigenvalue weighted by atomic mass is 16.1. The van der Waals surface area contributed by atoms with Gasteiger partial charge in [0.2, 0.25) is 0 Å². The van der Waals surface area contributed by atoms with Gasteiger partial charge < -0.3 is 0 Å². The fourth-order valence-electron chi connectivity index (χ4n) is 8.75. The van der Waals surface area contributed by atoms with E-state index in [-0.39, 0.29) is 0 Å². The first-order chi connectivity index (χ1) is 14.2. The third-order valence-electron chi connectivity index (χ3n) is 10.7. The molecule has 0 aromatic heterocycles. The normalized spacial score (nSPS) is 43.2. The number of allylic oxidation sites excluding steroid dienone is 3. The van der Waals surface area contributed by atoms with Crippen molar-refractivity contribution in [3.05, 3.63) is 23.8 Å². The molecule has 30 heavy (non-hydrogen) atoms. The van der Waals surface area contributed by atoms with Crippen LogP contribution in [0.4, 0.5) is 0 Å². The monoisotopic (exact) mass is 410 g/mol. The average Bonchev–Trinajstić information content (AvgIpc) is 3.06. The van der Waals surface area contributed by atoms with Crippen LogP contribution in [0.15, 0.2) is 23.8 Å². The molecule has 3 saturated carbocycles. The van der Waals surface area contributed by atoms with Gasteiger partial charge in [-0.1, -0.05) is 59.3 Å². The molecule has 0 amide bonds. The molecule has 8 atom stereocenters. The number of rotatable bonds is 5. The topological polar surface area (TPSA) is 17.1 Å². The quantitative estimate of drug-likeness (QED) is 0.419. The molecule has 0 aromatic rings. The van der Waals surface area contributed by atoms with Crippen LogP contribution in [0.2, 0.25) is 0 Å². The van der Waals surface area contributed by atoms with Gasteiger partial charge in [0.25, 0.3) is 0 Å². The van der Waals surface area contributed by atoms with Gasteiger partial charge in [-0.05, 0) is 110 Å². The van der Waals surface area contributed by atoms with E-state index in [9.17, 15) is 4.79 Å². The maximum Gasteiger partial charge on any atom is 0.155 e. The zero-order valence-electron chi connectivity index (χ0n) is 20.5. The van der Waals surface area contributed by atoms with E-state index < -0.39 is 0 Å². The molecular formula is C29H46O. The SMILES string of the molecule is CC[C@H](/C=C/[C@@H](C)[C@H]1CC[C@@H]2[C@@H]3CCC4=CC(=O)CC[C@]4(C)[C@@H]3CC[C@@]21C)C(C)C. The molecule has 1 heteroatoms. The number of hydrogen-bond donors (Lipinski definition) is 0. The number of hydrogen-bond acceptors (Lipinski definition) is 1. The fourth-order valence-corrected chi connectivity index (χ4v) is 8.75. The predicted molar refractivity (Wildman–Crippen MR) is 127 cm³/mol. The van der Waals surface area contributed by atoms with Crippen LogP contribution < -0.4 is 0 Å². The van der Waals surface area contributed by atoms with Gasteiger partial charge in [0.05, 0.1) is 0 Å². The Hall–Kier alpha value is -0.850. The molecular weight excluding hydrogens is 364 g/mol. The molecule has 168 valence electrons. The van der Waals surface area contributed by atoms with Crippen LogP contribution in [0.5, 0.6) is 0 Å². The molecule has 0 N–H and O–H groups in total. The summed E-state index contributed by atoms with van der Waals surface area (Å²) in [7, 11) is 0. The van der Waals surface area contributed by atoms with Crippen molar-refractivity contribution < 1.29 is 4.79 Å². The van der Waals surface area contributed by atoms with Crippen molar-refractivity contribution in [1.82, 2.24) is 0 Å². The van der Waals surface area contributed by atoms with E-state index >= 15 is 0 Å². The second kappa shape index (κ2) is 8.25. The van der Waals surface area contributed by atoms with E-state index in [4.69, 9.17) is 0 Å². The molecule has 4 rings (SSSR count). The van der Waals surface area contributed by atoms with E-state index in [0.29, 0.717) is 22.5 Å². The maximum atomic E-state index is 12.1. The molecule has 0 spiro atoms. The Kier molecular flexibility index (Phi) is 6.15. The van der Waals surface area contributed by atoms with Crippen molar-refractivity contribution in [1.29, 1.82) is 0 Å². The third kappa shape index (κ3) is 3.57. The van der Waals surface area contributed by atoms with Gasteiger partial charge in [-0.3, -0.25) is 4.79 Å². The van der Waals surface area contributed by atoms with Gasteiger partial charge in [0.1, 0.15) is 0 Å². The first-order valence-electron chi connectivity index (χ1n) is 13.1. The zero-order valence-corrected chi connectivity index (χ0v) is 20.5. The lowest BCUT2D eigenvalue weighted by molar-refractivity contribution is -0.117. The zero-order chi connectivity index (χ0) is 21.7. The van der Waals surface area contributed by atoms with Crippen LogP contribution >= 0.6 is 0 Å². The van der Waals surface area contributed by atoms with Crippen molar-refractivity contribution in [3.8, 4) is 0 Å². The molecule has 0 aromatic carbocycles. The summed E-state index contributed by atoms with van der Waals surface area (Å²) in [5, 5.41) is 0. The van der Waals surface area contributed by atoms with Crippen LogP contribution in [-0.2, 0) is 4.79 Å². The Bertz CT molecular complexity index is 714. The number of ketones is 1. The molecule has 0 bridgehead atoms. The molecule has 3 fully saturated rings. The van der Waals surface area contributed by atoms with Gasteiger partial charge in [0.15, 0.2) is 5.78 Å². The molecule has 0 heterocycles. The second-order valence-electron chi connectivity index (χ2n) is 12.3. The van der Waals surface area contributed by atoms with E-state index in [2.05, 4.69) is 59.8 Å². The largest absolute Gasteiger partial charge is 0.295 e. The minimum atomic E-state index is 0.313. The summed E-state index contributed by atoms with van der Waals surface area (Å²) in [6.45, 7) is 14.7.